The molecule has 2 amide bonds. The van der Waals surface area contributed by atoms with Crippen LogP contribution >= 0.6 is 0 Å². The average molecular weight is 354 g/mol. The molecule has 4 heteroatoms. The molecule has 0 aliphatic heterocycles. The first-order valence-electron chi connectivity index (χ1n) is 9.28. The molecular weight excluding hydrogens is 324 g/mol. The molecule has 2 aromatic carbocycles. The van der Waals surface area contributed by atoms with E-state index in [1.165, 1.54) is 5.56 Å². The summed E-state index contributed by atoms with van der Waals surface area (Å²) < 4.78 is 5.72. The first-order valence-corrected chi connectivity index (χ1v) is 9.28. The molecule has 0 unspecified atom stereocenters. The van der Waals surface area contributed by atoms with Crippen molar-refractivity contribution in [2.45, 2.75) is 46.2 Å². The van der Waals surface area contributed by atoms with Gasteiger partial charge in [-0.2, -0.15) is 0 Å². The number of ether oxygens (including phenoxy) is 1. The Morgan fingerprint density at radius 1 is 1.00 bits per heavy atom. The largest absolute Gasteiger partial charge is 0.492 e. The van der Waals surface area contributed by atoms with Gasteiger partial charge >= 0.3 is 6.03 Å². The van der Waals surface area contributed by atoms with Crippen LogP contribution in [0.25, 0.3) is 0 Å². The van der Waals surface area contributed by atoms with Crippen LogP contribution in [0.5, 0.6) is 5.75 Å². The fraction of sp³-hybridized carbons (Fsp3) is 0.409. The van der Waals surface area contributed by atoms with Crippen LogP contribution in [-0.2, 0) is 6.54 Å². The van der Waals surface area contributed by atoms with Crippen molar-refractivity contribution in [3.05, 3.63) is 65.7 Å². The number of amides is 2. The van der Waals surface area contributed by atoms with E-state index in [2.05, 4.69) is 31.3 Å². The van der Waals surface area contributed by atoms with Crippen LogP contribution in [0.1, 0.15) is 44.7 Å². The van der Waals surface area contributed by atoms with Crippen LogP contribution in [-0.4, -0.2) is 30.1 Å². The molecule has 0 spiro atoms. The Morgan fingerprint density at radius 2 is 1.65 bits per heavy atom. The minimum absolute atomic E-state index is 0.0670. The van der Waals surface area contributed by atoms with Crippen molar-refractivity contribution in [1.82, 2.24) is 10.2 Å². The topological polar surface area (TPSA) is 41.6 Å². The lowest BCUT2D eigenvalue weighted by molar-refractivity contribution is 0.177. The summed E-state index contributed by atoms with van der Waals surface area (Å²) in [4.78, 5) is 14.3. The lowest BCUT2D eigenvalue weighted by Gasteiger charge is -2.27. The minimum Gasteiger partial charge on any atom is -0.492 e. The SMILES string of the molecule is CC(C)c1ccc(OCCNC(=O)N(Cc2ccccc2)C(C)C)cc1. The standard InChI is InChI=1S/C22H30N2O2/c1-17(2)20-10-12-21(13-11-20)26-15-14-23-22(25)24(18(3)4)16-19-8-6-5-7-9-19/h5-13,17-18H,14-16H2,1-4H3,(H,23,25). The lowest BCUT2D eigenvalue weighted by Crippen LogP contribution is -2.44. The summed E-state index contributed by atoms with van der Waals surface area (Å²) in [5.41, 5.74) is 2.41. The van der Waals surface area contributed by atoms with Gasteiger partial charge in [0.25, 0.3) is 0 Å². The van der Waals surface area contributed by atoms with Gasteiger partial charge in [0.1, 0.15) is 12.4 Å². The predicted molar refractivity (Wildman–Crippen MR) is 107 cm³/mol. The molecule has 0 atom stereocenters. The van der Waals surface area contributed by atoms with Crippen molar-refractivity contribution in [2.75, 3.05) is 13.2 Å². The van der Waals surface area contributed by atoms with Crippen molar-refractivity contribution in [3.8, 4) is 5.75 Å². The Morgan fingerprint density at radius 3 is 2.23 bits per heavy atom. The molecule has 0 saturated carbocycles. The summed E-state index contributed by atoms with van der Waals surface area (Å²) in [6.07, 6.45) is 0. The quantitative estimate of drug-likeness (QED) is 0.691. The van der Waals surface area contributed by atoms with E-state index in [-0.39, 0.29) is 12.1 Å². The first-order chi connectivity index (χ1) is 12.5. The number of nitrogens with zero attached hydrogens (tertiary/aromatic N) is 1. The van der Waals surface area contributed by atoms with Gasteiger partial charge in [-0.05, 0) is 43.0 Å². The number of carbonyl (C=O) groups excluding carboxylic acids is 1. The monoisotopic (exact) mass is 354 g/mol. The van der Waals surface area contributed by atoms with Gasteiger partial charge in [-0.3, -0.25) is 0 Å². The second kappa shape index (κ2) is 9.85. The number of urea groups is 1. The van der Waals surface area contributed by atoms with Crippen molar-refractivity contribution in [3.63, 3.8) is 0 Å². The zero-order chi connectivity index (χ0) is 18.9. The molecule has 0 saturated heterocycles. The second-order valence-electron chi connectivity index (χ2n) is 7.01. The Kier molecular flexibility index (Phi) is 7.52. The van der Waals surface area contributed by atoms with E-state index >= 15 is 0 Å². The van der Waals surface area contributed by atoms with Crippen LogP contribution in [0.15, 0.2) is 54.6 Å². The van der Waals surface area contributed by atoms with E-state index in [1.807, 2.05) is 61.2 Å². The van der Waals surface area contributed by atoms with Crippen molar-refractivity contribution < 1.29 is 9.53 Å². The van der Waals surface area contributed by atoms with E-state index in [0.717, 1.165) is 11.3 Å². The molecule has 140 valence electrons. The predicted octanol–water partition coefficient (Wildman–Crippen LogP) is 4.81. The summed E-state index contributed by atoms with van der Waals surface area (Å²) in [6.45, 7) is 9.90. The van der Waals surface area contributed by atoms with Crippen LogP contribution in [0.4, 0.5) is 4.79 Å². The van der Waals surface area contributed by atoms with Gasteiger partial charge in [-0.25, -0.2) is 4.79 Å². The fourth-order valence-electron chi connectivity index (χ4n) is 2.65. The number of carbonyl (C=O) groups is 1. The summed E-state index contributed by atoms with van der Waals surface area (Å²) >= 11 is 0. The Labute approximate surface area is 157 Å². The highest BCUT2D eigenvalue weighted by atomic mass is 16.5. The molecule has 26 heavy (non-hydrogen) atoms. The van der Waals surface area contributed by atoms with Gasteiger partial charge < -0.3 is 15.0 Å². The maximum absolute atomic E-state index is 12.5. The molecule has 0 radical (unpaired) electrons. The van der Waals surface area contributed by atoms with E-state index in [1.54, 1.807) is 0 Å². The number of nitrogens with one attached hydrogen (secondary N) is 1. The van der Waals surface area contributed by atoms with Gasteiger partial charge in [0.15, 0.2) is 0 Å². The Hall–Kier alpha value is -2.49. The van der Waals surface area contributed by atoms with Crippen LogP contribution in [0.3, 0.4) is 0 Å². The van der Waals surface area contributed by atoms with Crippen LogP contribution in [0.2, 0.25) is 0 Å². The van der Waals surface area contributed by atoms with Gasteiger partial charge in [0.05, 0.1) is 6.54 Å². The third-order valence-corrected chi connectivity index (χ3v) is 4.27. The Bertz CT molecular complexity index is 666. The molecule has 2 aromatic rings. The summed E-state index contributed by atoms with van der Waals surface area (Å²) in [6, 6.07) is 18.2. The molecule has 0 aromatic heterocycles. The summed E-state index contributed by atoms with van der Waals surface area (Å²) in [7, 11) is 0. The van der Waals surface area contributed by atoms with Crippen LogP contribution in [0, 0.1) is 0 Å². The maximum Gasteiger partial charge on any atom is 0.318 e. The molecule has 0 bridgehead atoms. The van der Waals surface area contributed by atoms with Crippen molar-refractivity contribution in [1.29, 1.82) is 0 Å². The van der Waals surface area contributed by atoms with Gasteiger partial charge in [0.2, 0.25) is 0 Å². The summed E-state index contributed by atoms with van der Waals surface area (Å²) in [5, 5.41) is 2.95. The third kappa shape index (κ3) is 6.10. The zero-order valence-electron chi connectivity index (χ0n) is 16.2. The van der Waals surface area contributed by atoms with E-state index in [4.69, 9.17) is 4.74 Å². The number of benzene rings is 2. The van der Waals surface area contributed by atoms with Crippen molar-refractivity contribution >= 4 is 6.03 Å². The number of rotatable bonds is 8. The highest BCUT2D eigenvalue weighted by Crippen LogP contribution is 2.18. The average Bonchev–Trinajstić information content (AvgIpc) is 2.64. The second-order valence-corrected chi connectivity index (χ2v) is 7.01. The number of hydrogen-bond acceptors (Lipinski definition) is 2. The molecule has 4 nitrogen and oxygen atoms in total. The number of hydrogen-bond donors (Lipinski definition) is 1. The third-order valence-electron chi connectivity index (χ3n) is 4.27. The molecular formula is C22H30N2O2. The highest BCUT2D eigenvalue weighted by Gasteiger charge is 2.16. The fourth-order valence-corrected chi connectivity index (χ4v) is 2.65. The van der Waals surface area contributed by atoms with E-state index in [0.29, 0.717) is 25.6 Å². The molecule has 1 N–H and O–H groups in total. The lowest BCUT2D eigenvalue weighted by atomic mass is 10.0. The zero-order valence-corrected chi connectivity index (χ0v) is 16.2. The minimum atomic E-state index is -0.0670. The van der Waals surface area contributed by atoms with Crippen molar-refractivity contribution in [2.24, 2.45) is 0 Å². The summed E-state index contributed by atoms with van der Waals surface area (Å²) in [5.74, 6) is 1.34. The van der Waals surface area contributed by atoms with E-state index in [9.17, 15) is 4.79 Å². The van der Waals surface area contributed by atoms with E-state index < -0.39 is 0 Å². The van der Waals surface area contributed by atoms with Gasteiger partial charge in [-0.1, -0.05) is 56.3 Å². The van der Waals surface area contributed by atoms with Gasteiger partial charge in [0, 0.05) is 12.6 Å². The van der Waals surface area contributed by atoms with Gasteiger partial charge in [-0.15, -0.1) is 0 Å². The molecule has 2 rings (SSSR count). The van der Waals surface area contributed by atoms with Crippen LogP contribution < -0.4 is 10.1 Å². The highest BCUT2D eigenvalue weighted by molar-refractivity contribution is 5.74. The molecule has 0 fully saturated rings. The first kappa shape index (κ1) is 19.8. The maximum atomic E-state index is 12.5. The normalized spacial score (nSPS) is 10.8. The Balaban J connectivity index is 1.78. The molecule has 0 heterocycles. The smallest absolute Gasteiger partial charge is 0.318 e. The molecule has 0 aliphatic rings. The molecule has 0 aliphatic carbocycles.